The quantitative estimate of drug-likeness (QED) is 0.661. The topological polar surface area (TPSA) is 43.1 Å². The molecule has 0 aliphatic carbocycles. The van der Waals surface area contributed by atoms with Crippen LogP contribution in [0.5, 0.6) is 0 Å². The van der Waals surface area contributed by atoms with Gasteiger partial charge in [0, 0.05) is 11.8 Å². The molecule has 2 N–H and O–H groups in total. The molecule has 0 spiro atoms. The maximum atomic E-state index is 11.8. The number of rotatable bonds is 7. The van der Waals surface area contributed by atoms with Crippen molar-refractivity contribution < 1.29 is 4.79 Å². The summed E-state index contributed by atoms with van der Waals surface area (Å²) in [6.45, 7) is 6.89. The van der Waals surface area contributed by atoms with Crippen molar-refractivity contribution in [1.29, 1.82) is 0 Å². The van der Waals surface area contributed by atoms with E-state index in [1.165, 1.54) is 0 Å². The normalized spacial score (nSPS) is 13.3. The molecule has 0 aromatic carbocycles. The number of ketones is 1. The minimum Gasteiger partial charge on any atom is -0.330 e. The van der Waals surface area contributed by atoms with Gasteiger partial charge in [-0.3, -0.25) is 4.79 Å². The zero-order valence-electron chi connectivity index (χ0n) is 9.18. The van der Waals surface area contributed by atoms with Crippen molar-refractivity contribution in [2.75, 3.05) is 6.54 Å². The Hall–Kier alpha value is -0.370. The van der Waals surface area contributed by atoms with E-state index in [1.54, 1.807) is 0 Å². The number of hydrogen-bond acceptors (Lipinski definition) is 2. The number of nitrogens with two attached hydrogens (primary N) is 1. The Labute approximate surface area is 81.9 Å². The lowest BCUT2D eigenvalue weighted by Gasteiger charge is -2.16. The van der Waals surface area contributed by atoms with Gasteiger partial charge in [-0.25, -0.2) is 0 Å². The lowest BCUT2D eigenvalue weighted by molar-refractivity contribution is -0.126. The summed E-state index contributed by atoms with van der Waals surface area (Å²) >= 11 is 0. The molecule has 0 bridgehead atoms. The van der Waals surface area contributed by atoms with Crippen LogP contribution in [0, 0.1) is 11.8 Å². The van der Waals surface area contributed by atoms with Crippen LogP contribution in [0.4, 0.5) is 0 Å². The second-order valence-corrected chi connectivity index (χ2v) is 3.75. The Balaban J connectivity index is 3.92. The second-order valence-electron chi connectivity index (χ2n) is 3.75. The van der Waals surface area contributed by atoms with Crippen LogP contribution in [0.3, 0.4) is 0 Å². The highest BCUT2D eigenvalue weighted by Crippen LogP contribution is 2.17. The lowest BCUT2D eigenvalue weighted by atomic mass is 9.88. The van der Waals surface area contributed by atoms with E-state index in [4.69, 9.17) is 5.73 Å². The van der Waals surface area contributed by atoms with Gasteiger partial charge in [0.05, 0.1) is 0 Å². The zero-order valence-corrected chi connectivity index (χ0v) is 9.18. The Morgan fingerprint density at radius 1 is 1.31 bits per heavy atom. The summed E-state index contributed by atoms with van der Waals surface area (Å²) in [4.78, 5) is 11.8. The van der Waals surface area contributed by atoms with Crippen LogP contribution in [0.2, 0.25) is 0 Å². The standard InChI is InChI=1S/C11H23NO/c1-4-10(5-2)11(13)9(3)7-6-8-12/h9-10H,4-8,12H2,1-3H3. The third-order valence-corrected chi connectivity index (χ3v) is 2.71. The molecule has 0 fully saturated rings. The molecule has 0 saturated carbocycles. The molecule has 1 atom stereocenters. The first-order chi connectivity index (χ1) is 6.17. The van der Waals surface area contributed by atoms with E-state index in [0.29, 0.717) is 12.3 Å². The van der Waals surface area contributed by atoms with Gasteiger partial charge in [0.2, 0.25) is 0 Å². The van der Waals surface area contributed by atoms with Gasteiger partial charge in [0.1, 0.15) is 5.78 Å². The van der Waals surface area contributed by atoms with Gasteiger partial charge >= 0.3 is 0 Å². The van der Waals surface area contributed by atoms with Crippen molar-refractivity contribution >= 4 is 5.78 Å². The Morgan fingerprint density at radius 3 is 2.23 bits per heavy atom. The number of Topliss-reactive ketones (excluding diaryl/α,β-unsaturated/α-hetero) is 1. The molecule has 0 amide bonds. The monoisotopic (exact) mass is 185 g/mol. The fourth-order valence-corrected chi connectivity index (χ4v) is 1.66. The largest absolute Gasteiger partial charge is 0.330 e. The summed E-state index contributed by atoms with van der Waals surface area (Å²) in [6.07, 6.45) is 3.86. The van der Waals surface area contributed by atoms with Crippen LogP contribution < -0.4 is 5.73 Å². The zero-order chi connectivity index (χ0) is 10.3. The van der Waals surface area contributed by atoms with Crippen molar-refractivity contribution in [2.24, 2.45) is 17.6 Å². The predicted molar refractivity (Wildman–Crippen MR) is 56.5 cm³/mol. The molecule has 0 aliphatic heterocycles. The van der Waals surface area contributed by atoms with Gasteiger partial charge in [0.15, 0.2) is 0 Å². The Kier molecular flexibility index (Phi) is 6.87. The summed E-state index contributed by atoms with van der Waals surface area (Å²) in [7, 11) is 0. The number of hydrogen-bond donors (Lipinski definition) is 1. The van der Waals surface area contributed by atoms with Crippen LogP contribution in [-0.2, 0) is 4.79 Å². The minimum absolute atomic E-state index is 0.202. The SMILES string of the molecule is CCC(CC)C(=O)C(C)CCCN. The molecule has 0 rings (SSSR count). The van der Waals surface area contributed by atoms with Gasteiger partial charge in [-0.05, 0) is 32.2 Å². The first-order valence-electron chi connectivity index (χ1n) is 5.41. The van der Waals surface area contributed by atoms with Gasteiger partial charge in [-0.2, -0.15) is 0 Å². The van der Waals surface area contributed by atoms with E-state index in [-0.39, 0.29) is 11.8 Å². The second kappa shape index (κ2) is 7.07. The van der Waals surface area contributed by atoms with E-state index in [9.17, 15) is 4.79 Å². The molecule has 0 aliphatic rings. The fourth-order valence-electron chi connectivity index (χ4n) is 1.66. The molecule has 0 aromatic heterocycles. The Bertz CT molecular complexity index is 141. The van der Waals surface area contributed by atoms with Crippen LogP contribution in [0.1, 0.15) is 46.5 Å². The van der Waals surface area contributed by atoms with Crippen LogP contribution in [0.15, 0.2) is 0 Å². The van der Waals surface area contributed by atoms with Crippen molar-refractivity contribution in [3.8, 4) is 0 Å². The van der Waals surface area contributed by atoms with Crippen molar-refractivity contribution in [1.82, 2.24) is 0 Å². The summed E-state index contributed by atoms with van der Waals surface area (Å²) in [5, 5.41) is 0. The smallest absolute Gasteiger partial charge is 0.138 e. The molecule has 13 heavy (non-hydrogen) atoms. The van der Waals surface area contributed by atoms with Crippen LogP contribution in [0.25, 0.3) is 0 Å². The predicted octanol–water partition coefficient (Wildman–Crippen LogP) is 2.37. The highest BCUT2D eigenvalue weighted by molar-refractivity contribution is 5.82. The van der Waals surface area contributed by atoms with E-state index in [1.807, 2.05) is 6.92 Å². The molecule has 0 aromatic rings. The van der Waals surface area contributed by atoms with Crippen LogP contribution in [-0.4, -0.2) is 12.3 Å². The maximum Gasteiger partial charge on any atom is 0.138 e. The van der Waals surface area contributed by atoms with Crippen LogP contribution >= 0.6 is 0 Å². The van der Waals surface area contributed by atoms with E-state index < -0.39 is 0 Å². The highest BCUT2D eigenvalue weighted by Gasteiger charge is 2.19. The lowest BCUT2D eigenvalue weighted by Crippen LogP contribution is -2.21. The van der Waals surface area contributed by atoms with Gasteiger partial charge in [0.25, 0.3) is 0 Å². The summed E-state index contributed by atoms with van der Waals surface area (Å²) in [5.74, 6) is 0.902. The molecular weight excluding hydrogens is 162 g/mol. The van der Waals surface area contributed by atoms with E-state index in [2.05, 4.69) is 13.8 Å². The molecule has 0 heterocycles. The average molecular weight is 185 g/mol. The number of carbonyl (C=O) groups excluding carboxylic acids is 1. The fraction of sp³-hybridized carbons (Fsp3) is 0.909. The average Bonchev–Trinajstić information content (AvgIpc) is 2.15. The van der Waals surface area contributed by atoms with Gasteiger partial charge in [-0.1, -0.05) is 20.8 Å². The summed E-state index contributed by atoms with van der Waals surface area (Å²) < 4.78 is 0. The highest BCUT2D eigenvalue weighted by atomic mass is 16.1. The third kappa shape index (κ3) is 4.41. The molecule has 1 unspecified atom stereocenters. The first-order valence-corrected chi connectivity index (χ1v) is 5.41. The van der Waals surface area contributed by atoms with Gasteiger partial charge < -0.3 is 5.73 Å². The van der Waals surface area contributed by atoms with E-state index in [0.717, 1.165) is 25.7 Å². The first kappa shape index (κ1) is 12.6. The van der Waals surface area contributed by atoms with Crippen molar-refractivity contribution in [3.63, 3.8) is 0 Å². The van der Waals surface area contributed by atoms with Crippen molar-refractivity contribution in [2.45, 2.75) is 46.5 Å². The molecule has 0 saturated heterocycles. The molecule has 2 nitrogen and oxygen atoms in total. The summed E-state index contributed by atoms with van der Waals surface area (Å²) in [6, 6.07) is 0. The molecule has 2 heteroatoms. The minimum atomic E-state index is 0.202. The Morgan fingerprint density at radius 2 is 1.85 bits per heavy atom. The molecule has 78 valence electrons. The maximum absolute atomic E-state index is 11.8. The van der Waals surface area contributed by atoms with E-state index >= 15 is 0 Å². The molecule has 0 radical (unpaired) electrons. The summed E-state index contributed by atoms with van der Waals surface area (Å²) in [5.41, 5.74) is 5.41. The molecular formula is C11H23NO. The van der Waals surface area contributed by atoms with Crippen molar-refractivity contribution in [3.05, 3.63) is 0 Å². The third-order valence-electron chi connectivity index (χ3n) is 2.71. The number of carbonyl (C=O) groups is 1. The van der Waals surface area contributed by atoms with Gasteiger partial charge in [-0.15, -0.1) is 0 Å².